The van der Waals surface area contributed by atoms with Crippen LogP contribution in [0.15, 0.2) is 0 Å². The zero-order valence-corrected chi connectivity index (χ0v) is 10.1. The van der Waals surface area contributed by atoms with Crippen molar-refractivity contribution in [1.29, 1.82) is 0 Å². The van der Waals surface area contributed by atoms with Crippen LogP contribution in [0.5, 0.6) is 0 Å². The normalized spacial score (nSPS) is 18.0. The maximum Gasteiger partial charge on any atom is 0.329 e. The summed E-state index contributed by atoms with van der Waals surface area (Å²) in [6, 6.07) is 0. The Bertz CT molecular complexity index is 295. The third-order valence-electron chi connectivity index (χ3n) is 3.15. The van der Waals surface area contributed by atoms with Crippen LogP contribution >= 0.6 is 0 Å². The van der Waals surface area contributed by atoms with E-state index in [2.05, 4.69) is 0 Å². The number of rotatable bonds is 6. The van der Waals surface area contributed by atoms with Gasteiger partial charge in [-0.2, -0.15) is 0 Å². The van der Waals surface area contributed by atoms with Gasteiger partial charge in [-0.15, -0.1) is 0 Å². The molecule has 7 heteroatoms. The van der Waals surface area contributed by atoms with Crippen LogP contribution in [-0.2, 0) is 9.59 Å². The molecule has 0 aromatic carbocycles. The molecule has 3 unspecified atom stereocenters. The number of carbonyl (C=O) groups is 2. The van der Waals surface area contributed by atoms with Crippen molar-refractivity contribution < 1.29 is 30.0 Å². The maximum atomic E-state index is 11.6. The number of aliphatic hydroxyl groups excluding tert-OH is 3. The number of amides is 1. The number of carboxylic acid groups (broad SMARTS) is 1. The molecule has 0 radical (unpaired) electrons. The zero-order chi connectivity index (χ0) is 13.8. The molecule has 4 N–H and O–H groups in total. The van der Waals surface area contributed by atoms with Gasteiger partial charge >= 0.3 is 5.97 Å². The summed E-state index contributed by atoms with van der Waals surface area (Å²) < 4.78 is 0. The highest BCUT2D eigenvalue weighted by Crippen LogP contribution is 2.24. The summed E-state index contributed by atoms with van der Waals surface area (Å²) >= 11 is 0. The van der Waals surface area contributed by atoms with Crippen molar-refractivity contribution in [2.45, 2.75) is 25.5 Å². The Hall–Kier alpha value is -1.18. The van der Waals surface area contributed by atoms with Gasteiger partial charge in [0.15, 0.2) is 6.10 Å². The van der Waals surface area contributed by atoms with Gasteiger partial charge < -0.3 is 25.3 Å². The van der Waals surface area contributed by atoms with Gasteiger partial charge in [-0.1, -0.05) is 6.92 Å². The summed E-state index contributed by atoms with van der Waals surface area (Å²) in [6.07, 6.45) is -1.66. The highest BCUT2D eigenvalue weighted by molar-refractivity contribution is 5.88. The first-order valence-electron chi connectivity index (χ1n) is 5.14. The second-order valence-corrected chi connectivity index (χ2v) is 4.13. The molecule has 3 atom stereocenters. The number of carboxylic acids is 1. The predicted molar refractivity (Wildman–Crippen MR) is 58.2 cm³/mol. The van der Waals surface area contributed by atoms with Crippen molar-refractivity contribution in [2.75, 3.05) is 20.3 Å². The summed E-state index contributed by atoms with van der Waals surface area (Å²) in [7, 11) is 1.21. The largest absolute Gasteiger partial charge is 0.479 e. The van der Waals surface area contributed by atoms with Gasteiger partial charge in [0.25, 0.3) is 5.91 Å². The minimum atomic E-state index is -1.66. The molecule has 0 rings (SSSR count). The number of aliphatic carboxylic acids is 1. The van der Waals surface area contributed by atoms with Gasteiger partial charge in [0, 0.05) is 19.6 Å². The van der Waals surface area contributed by atoms with Crippen LogP contribution in [0.1, 0.15) is 13.8 Å². The van der Waals surface area contributed by atoms with Crippen molar-refractivity contribution in [2.24, 2.45) is 5.92 Å². The van der Waals surface area contributed by atoms with Gasteiger partial charge in [-0.05, 0) is 6.92 Å². The number of hydrogen-bond donors (Lipinski definition) is 4. The Balaban J connectivity index is 5.21. The molecule has 0 heterocycles. The molecule has 0 aliphatic heterocycles. The fraction of sp³-hybridized carbons (Fsp3) is 0.800. The molecule has 0 aliphatic carbocycles. The average molecular weight is 249 g/mol. The second-order valence-electron chi connectivity index (χ2n) is 4.13. The SMILES string of the molecule is CC(CO)C(C)(C(=O)O)N(C)C(=O)C(O)CO. The number of hydrogen-bond acceptors (Lipinski definition) is 5. The van der Waals surface area contributed by atoms with Gasteiger partial charge in [0.2, 0.25) is 0 Å². The van der Waals surface area contributed by atoms with E-state index in [0.717, 1.165) is 4.90 Å². The smallest absolute Gasteiger partial charge is 0.329 e. The Morgan fingerprint density at radius 1 is 1.29 bits per heavy atom. The molecule has 0 bridgehead atoms. The highest BCUT2D eigenvalue weighted by atomic mass is 16.4. The third kappa shape index (κ3) is 2.93. The Morgan fingerprint density at radius 2 is 1.76 bits per heavy atom. The van der Waals surface area contributed by atoms with Crippen LogP contribution in [0, 0.1) is 5.92 Å². The Morgan fingerprint density at radius 3 is 2.06 bits per heavy atom. The van der Waals surface area contributed by atoms with E-state index in [1.165, 1.54) is 20.9 Å². The first-order chi connectivity index (χ1) is 7.73. The van der Waals surface area contributed by atoms with Crippen molar-refractivity contribution in [3.63, 3.8) is 0 Å². The Labute approximate surface area is 99.3 Å². The maximum absolute atomic E-state index is 11.6. The van der Waals surface area contributed by atoms with E-state index < -0.39 is 42.7 Å². The predicted octanol–water partition coefficient (Wildman–Crippen LogP) is -1.73. The molecular formula is C10H19NO6. The second kappa shape index (κ2) is 5.95. The van der Waals surface area contributed by atoms with Crippen molar-refractivity contribution in [3.8, 4) is 0 Å². The lowest BCUT2D eigenvalue weighted by Gasteiger charge is -2.39. The van der Waals surface area contributed by atoms with E-state index >= 15 is 0 Å². The van der Waals surface area contributed by atoms with Crippen LogP contribution in [-0.4, -0.2) is 69.1 Å². The molecule has 0 saturated heterocycles. The molecule has 1 amide bonds. The number of carbonyl (C=O) groups excluding carboxylic acids is 1. The number of nitrogens with zero attached hydrogens (tertiary/aromatic N) is 1. The van der Waals surface area contributed by atoms with Crippen LogP contribution in [0.3, 0.4) is 0 Å². The van der Waals surface area contributed by atoms with E-state index in [4.69, 9.17) is 15.3 Å². The van der Waals surface area contributed by atoms with E-state index in [9.17, 15) is 14.7 Å². The summed E-state index contributed by atoms with van der Waals surface area (Å²) in [5.74, 6) is -2.92. The first-order valence-corrected chi connectivity index (χ1v) is 5.14. The van der Waals surface area contributed by atoms with Crippen LogP contribution in [0.25, 0.3) is 0 Å². The lowest BCUT2D eigenvalue weighted by molar-refractivity contribution is -0.165. The quantitative estimate of drug-likeness (QED) is 0.444. The summed E-state index contributed by atoms with van der Waals surface area (Å²) in [6.45, 7) is 1.55. The standard InChI is InChI=1S/C10H19NO6/c1-6(4-12)10(2,9(16)17)11(3)8(15)7(14)5-13/h6-7,12-14H,4-5H2,1-3H3,(H,16,17). The van der Waals surface area contributed by atoms with Crippen molar-refractivity contribution >= 4 is 11.9 Å². The molecule has 17 heavy (non-hydrogen) atoms. The van der Waals surface area contributed by atoms with E-state index in [1.807, 2.05) is 0 Å². The summed E-state index contributed by atoms with van der Waals surface area (Å²) in [5, 5.41) is 36.1. The fourth-order valence-electron chi connectivity index (χ4n) is 1.39. The molecule has 100 valence electrons. The van der Waals surface area contributed by atoms with Gasteiger partial charge in [0.05, 0.1) is 6.61 Å². The van der Waals surface area contributed by atoms with Gasteiger partial charge in [-0.25, -0.2) is 4.79 Å². The summed E-state index contributed by atoms with van der Waals surface area (Å²) in [4.78, 5) is 23.7. The molecule has 0 saturated carbocycles. The van der Waals surface area contributed by atoms with Crippen LogP contribution in [0.2, 0.25) is 0 Å². The van der Waals surface area contributed by atoms with Gasteiger partial charge in [0.1, 0.15) is 5.54 Å². The first kappa shape index (κ1) is 15.8. The molecule has 0 aliphatic rings. The minimum absolute atomic E-state index is 0.421. The third-order valence-corrected chi connectivity index (χ3v) is 3.15. The number of aliphatic hydroxyl groups is 3. The van der Waals surface area contributed by atoms with E-state index in [-0.39, 0.29) is 0 Å². The van der Waals surface area contributed by atoms with Crippen molar-refractivity contribution in [3.05, 3.63) is 0 Å². The van der Waals surface area contributed by atoms with E-state index in [1.54, 1.807) is 0 Å². The summed E-state index contributed by atoms with van der Waals surface area (Å²) in [5.41, 5.74) is -1.65. The molecule has 0 fully saturated rings. The van der Waals surface area contributed by atoms with Crippen LogP contribution in [0.4, 0.5) is 0 Å². The molecule has 0 spiro atoms. The van der Waals surface area contributed by atoms with Crippen LogP contribution < -0.4 is 0 Å². The average Bonchev–Trinajstić information content (AvgIpc) is 2.33. The molecule has 7 nitrogen and oxygen atoms in total. The highest BCUT2D eigenvalue weighted by Gasteiger charge is 2.45. The molecule has 0 aromatic rings. The lowest BCUT2D eigenvalue weighted by Crippen LogP contribution is -2.60. The van der Waals surface area contributed by atoms with E-state index in [0.29, 0.717) is 0 Å². The minimum Gasteiger partial charge on any atom is -0.479 e. The fourth-order valence-corrected chi connectivity index (χ4v) is 1.39. The topological polar surface area (TPSA) is 118 Å². The van der Waals surface area contributed by atoms with Gasteiger partial charge in [-0.3, -0.25) is 4.79 Å². The Kier molecular flexibility index (Phi) is 5.53. The zero-order valence-electron chi connectivity index (χ0n) is 10.1. The monoisotopic (exact) mass is 249 g/mol. The molecule has 0 aromatic heterocycles. The lowest BCUT2D eigenvalue weighted by atomic mass is 9.85. The molecular weight excluding hydrogens is 230 g/mol. The number of likely N-dealkylation sites (N-methyl/N-ethyl adjacent to an activating group) is 1. The van der Waals surface area contributed by atoms with Crippen molar-refractivity contribution in [1.82, 2.24) is 4.90 Å².